The molecule has 24 heavy (non-hydrogen) atoms. The third kappa shape index (κ3) is 3.17. The number of nitrogens with one attached hydrogen (secondary N) is 1. The quantitative estimate of drug-likeness (QED) is 0.569. The number of benzene rings is 2. The molecule has 0 atom stereocenters. The molecule has 0 radical (unpaired) electrons. The van der Waals surface area contributed by atoms with Crippen LogP contribution in [0.25, 0.3) is 11.3 Å². The second-order valence-corrected chi connectivity index (χ2v) is 5.21. The molecule has 1 heterocycles. The van der Waals surface area contributed by atoms with Gasteiger partial charge in [0.25, 0.3) is 11.6 Å². The summed E-state index contributed by atoms with van der Waals surface area (Å²) in [6, 6.07) is 16.8. The first-order chi connectivity index (χ1) is 11.5. The molecule has 0 spiro atoms. The van der Waals surface area contributed by atoms with E-state index in [2.05, 4.69) is 5.32 Å². The molecule has 120 valence electrons. The first-order valence-electron chi connectivity index (χ1n) is 7.26. The number of carbonyl (C=O) groups is 1. The van der Waals surface area contributed by atoms with Crippen molar-refractivity contribution in [1.29, 1.82) is 0 Å². The molecule has 0 unspecified atom stereocenters. The Morgan fingerprint density at radius 2 is 1.83 bits per heavy atom. The van der Waals surface area contributed by atoms with Crippen LogP contribution in [0, 0.1) is 17.0 Å². The SMILES string of the molecule is Cc1oc(-c2cccc([N+](=O)[O-])c2)cc1C(=O)Nc1ccccc1. The highest BCUT2D eigenvalue weighted by Gasteiger charge is 2.17. The number of rotatable bonds is 4. The van der Waals surface area contributed by atoms with E-state index >= 15 is 0 Å². The molecule has 0 aliphatic carbocycles. The van der Waals surface area contributed by atoms with Gasteiger partial charge in [0, 0.05) is 23.4 Å². The lowest BCUT2D eigenvalue weighted by Crippen LogP contribution is -2.11. The van der Waals surface area contributed by atoms with Crippen LogP contribution in [0.5, 0.6) is 0 Å². The van der Waals surface area contributed by atoms with Gasteiger partial charge in [0.05, 0.1) is 10.5 Å². The number of furan rings is 1. The van der Waals surface area contributed by atoms with Crippen LogP contribution < -0.4 is 5.32 Å². The lowest BCUT2D eigenvalue weighted by molar-refractivity contribution is -0.384. The molecule has 1 amide bonds. The molecule has 2 aromatic carbocycles. The van der Waals surface area contributed by atoms with Crippen LogP contribution in [0.2, 0.25) is 0 Å². The highest BCUT2D eigenvalue weighted by Crippen LogP contribution is 2.28. The molecular weight excluding hydrogens is 308 g/mol. The molecule has 0 bridgehead atoms. The molecule has 3 aromatic rings. The van der Waals surface area contributed by atoms with E-state index in [1.165, 1.54) is 12.1 Å². The van der Waals surface area contributed by atoms with Crippen LogP contribution in [0.1, 0.15) is 16.1 Å². The van der Waals surface area contributed by atoms with Crippen molar-refractivity contribution in [3.8, 4) is 11.3 Å². The first-order valence-corrected chi connectivity index (χ1v) is 7.26. The second-order valence-electron chi connectivity index (χ2n) is 5.21. The van der Waals surface area contributed by atoms with E-state index in [0.717, 1.165) is 0 Å². The number of carbonyl (C=O) groups excluding carboxylic acids is 1. The summed E-state index contributed by atoms with van der Waals surface area (Å²) >= 11 is 0. The van der Waals surface area contributed by atoms with E-state index in [1.807, 2.05) is 18.2 Å². The van der Waals surface area contributed by atoms with Crippen molar-refractivity contribution in [2.75, 3.05) is 5.32 Å². The van der Waals surface area contributed by atoms with Gasteiger partial charge in [-0.2, -0.15) is 0 Å². The molecule has 1 aromatic heterocycles. The first kappa shape index (κ1) is 15.5. The standard InChI is InChI=1S/C18H14N2O4/c1-12-16(18(21)19-14-7-3-2-4-8-14)11-17(24-12)13-6-5-9-15(10-13)20(22)23/h2-11H,1H3,(H,19,21). The Kier molecular flexibility index (Phi) is 4.11. The highest BCUT2D eigenvalue weighted by atomic mass is 16.6. The summed E-state index contributed by atoms with van der Waals surface area (Å²) in [5.74, 6) is 0.568. The lowest BCUT2D eigenvalue weighted by atomic mass is 10.1. The topological polar surface area (TPSA) is 85.4 Å². The van der Waals surface area contributed by atoms with Gasteiger partial charge in [0.1, 0.15) is 11.5 Å². The molecule has 0 saturated heterocycles. The number of amides is 1. The fourth-order valence-electron chi connectivity index (χ4n) is 2.34. The van der Waals surface area contributed by atoms with Crippen LogP contribution in [-0.4, -0.2) is 10.8 Å². The Balaban J connectivity index is 1.89. The minimum atomic E-state index is -0.470. The van der Waals surface area contributed by atoms with Crippen molar-refractivity contribution in [2.24, 2.45) is 0 Å². The third-order valence-electron chi connectivity index (χ3n) is 3.54. The van der Waals surface area contributed by atoms with Gasteiger partial charge in [0.15, 0.2) is 0 Å². The molecular formula is C18H14N2O4. The van der Waals surface area contributed by atoms with E-state index in [-0.39, 0.29) is 11.6 Å². The highest BCUT2D eigenvalue weighted by molar-refractivity contribution is 6.05. The zero-order valence-electron chi connectivity index (χ0n) is 12.9. The largest absolute Gasteiger partial charge is 0.461 e. The number of anilines is 1. The van der Waals surface area contributed by atoms with Crippen molar-refractivity contribution in [3.63, 3.8) is 0 Å². The van der Waals surface area contributed by atoms with Gasteiger partial charge in [-0.15, -0.1) is 0 Å². The van der Waals surface area contributed by atoms with Crippen molar-refractivity contribution in [3.05, 3.63) is 82.1 Å². The average molecular weight is 322 g/mol. The minimum Gasteiger partial charge on any atom is -0.461 e. The van der Waals surface area contributed by atoms with Crippen molar-refractivity contribution in [2.45, 2.75) is 6.92 Å². The minimum absolute atomic E-state index is 0.0307. The summed E-state index contributed by atoms with van der Waals surface area (Å²) in [7, 11) is 0. The molecule has 6 heteroatoms. The van der Waals surface area contributed by atoms with Crippen LogP contribution in [-0.2, 0) is 0 Å². The number of nitrogens with zero attached hydrogens (tertiary/aromatic N) is 1. The summed E-state index contributed by atoms with van der Waals surface area (Å²) in [4.78, 5) is 22.8. The van der Waals surface area contributed by atoms with Crippen LogP contribution in [0.3, 0.4) is 0 Å². The van der Waals surface area contributed by atoms with E-state index < -0.39 is 4.92 Å². The average Bonchev–Trinajstić information content (AvgIpc) is 2.98. The van der Waals surface area contributed by atoms with Gasteiger partial charge in [-0.3, -0.25) is 14.9 Å². The molecule has 6 nitrogen and oxygen atoms in total. The Bertz CT molecular complexity index is 900. The lowest BCUT2D eigenvalue weighted by Gasteiger charge is -2.03. The van der Waals surface area contributed by atoms with Gasteiger partial charge < -0.3 is 9.73 Å². The predicted octanol–water partition coefficient (Wildman–Crippen LogP) is 4.42. The number of aryl methyl sites for hydroxylation is 1. The molecule has 0 aliphatic heterocycles. The van der Waals surface area contributed by atoms with Gasteiger partial charge in [-0.1, -0.05) is 30.3 Å². The van der Waals surface area contributed by atoms with E-state index in [9.17, 15) is 14.9 Å². The van der Waals surface area contributed by atoms with Crippen LogP contribution in [0.4, 0.5) is 11.4 Å². The monoisotopic (exact) mass is 322 g/mol. The predicted molar refractivity (Wildman–Crippen MR) is 89.9 cm³/mol. The number of non-ortho nitro benzene ring substituents is 1. The second kappa shape index (κ2) is 6.37. The Morgan fingerprint density at radius 1 is 1.08 bits per heavy atom. The van der Waals surface area contributed by atoms with Crippen LogP contribution >= 0.6 is 0 Å². The zero-order chi connectivity index (χ0) is 17.1. The van der Waals surface area contributed by atoms with Crippen molar-refractivity contribution >= 4 is 17.3 Å². The fourth-order valence-corrected chi connectivity index (χ4v) is 2.34. The Hall–Kier alpha value is -3.41. The fraction of sp³-hybridized carbons (Fsp3) is 0.0556. The van der Waals surface area contributed by atoms with E-state index in [4.69, 9.17) is 4.42 Å². The molecule has 1 N–H and O–H groups in total. The summed E-state index contributed by atoms with van der Waals surface area (Å²) in [5.41, 5.74) is 1.59. The molecule has 3 rings (SSSR count). The van der Waals surface area contributed by atoms with Gasteiger partial charge in [0.2, 0.25) is 0 Å². The summed E-state index contributed by atoms with van der Waals surface area (Å²) < 4.78 is 5.61. The maximum atomic E-state index is 12.4. The van der Waals surface area contributed by atoms with E-state index in [1.54, 1.807) is 37.3 Å². The van der Waals surface area contributed by atoms with Crippen LogP contribution in [0.15, 0.2) is 65.1 Å². The Labute approximate surface area is 137 Å². The molecule has 0 saturated carbocycles. The number of hydrogen-bond donors (Lipinski definition) is 1. The third-order valence-corrected chi connectivity index (χ3v) is 3.54. The van der Waals surface area contributed by atoms with Gasteiger partial charge in [-0.05, 0) is 25.1 Å². The number of nitro benzene ring substituents is 1. The summed E-state index contributed by atoms with van der Waals surface area (Å²) in [5, 5.41) is 13.7. The van der Waals surface area contributed by atoms with E-state index in [0.29, 0.717) is 28.3 Å². The Morgan fingerprint density at radius 3 is 2.54 bits per heavy atom. The van der Waals surface area contributed by atoms with Gasteiger partial charge in [-0.25, -0.2) is 0 Å². The maximum Gasteiger partial charge on any atom is 0.270 e. The summed E-state index contributed by atoms with van der Waals surface area (Å²) in [6.07, 6.45) is 0. The zero-order valence-corrected chi connectivity index (χ0v) is 12.9. The number of hydrogen-bond acceptors (Lipinski definition) is 4. The smallest absolute Gasteiger partial charge is 0.270 e. The summed E-state index contributed by atoms with van der Waals surface area (Å²) in [6.45, 7) is 1.68. The normalized spacial score (nSPS) is 10.4. The van der Waals surface area contributed by atoms with Crippen molar-refractivity contribution in [1.82, 2.24) is 0 Å². The number of para-hydroxylation sites is 1. The molecule has 0 fully saturated rings. The van der Waals surface area contributed by atoms with Gasteiger partial charge >= 0.3 is 0 Å². The van der Waals surface area contributed by atoms with Crippen molar-refractivity contribution < 1.29 is 14.1 Å². The molecule has 0 aliphatic rings. The maximum absolute atomic E-state index is 12.4. The number of nitro groups is 1.